The Kier molecular flexibility index (Phi) is 3.36. The van der Waals surface area contributed by atoms with E-state index >= 15 is 0 Å². The molecule has 5 heteroatoms. The number of benzene rings is 2. The van der Waals surface area contributed by atoms with E-state index in [9.17, 15) is 0 Å². The molecule has 2 aliphatic rings. The number of allylic oxidation sites excluding steroid dienone is 1. The van der Waals surface area contributed by atoms with Gasteiger partial charge in [0, 0.05) is 16.3 Å². The minimum atomic E-state index is -0.356. The molecule has 1 unspecified atom stereocenters. The molecule has 1 aliphatic carbocycles. The summed E-state index contributed by atoms with van der Waals surface area (Å²) < 4.78 is 0. The fourth-order valence-electron chi connectivity index (χ4n) is 3.37. The maximum absolute atomic E-state index is 6.58. The van der Waals surface area contributed by atoms with Crippen LogP contribution in [0.4, 0.5) is 5.69 Å². The molecule has 0 amide bonds. The van der Waals surface area contributed by atoms with Crippen LogP contribution in [0.5, 0.6) is 0 Å². The number of nitrogens with zero attached hydrogens (tertiary/aromatic N) is 2. The Balaban J connectivity index is 1.84. The molecule has 0 saturated heterocycles. The van der Waals surface area contributed by atoms with Crippen LogP contribution in [0.1, 0.15) is 17.5 Å². The van der Waals surface area contributed by atoms with Crippen molar-refractivity contribution in [1.82, 2.24) is 0 Å². The molecule has 0 saturated carbocycles. The highest BCUT2D eigenvalue weighted by Gasteiger charge is 2.33. The molecule has 2 aromatic carbocycles. The average Bonchev–Trinajstić information content (AvgIpc) is 2.55. The summed E-state index contributed by atoms with van der Waals surface area (Å²) in [5.41, 5.74) is 18.1. The van der Waals surface area contributed by atoms with Crippen LogP contribution in [-0.4, -0.2) is 12.1 Å². The number of hydrogen-bond acceptors (Lipinski definition) is 4. The molecule has 1 heterocycles. The monoisotopic (exact) mass is 324 g/mol. The second kappa shape index (κ2) is 5.41. The van der Waals surface area contributed by atoms with Gasteiger partial charge in [-0.2, -0.15) is 0 Å². The van der Waals surface area contributed by atoms with E-state index in [0.29, 0.717) is 5.96 Å². The van der Waals surface area contributed by atoms with Gasteiger partial charge in [0.2, 0.25) is 5.96 Å². The first-order valence-electron chi connectivity index (χ1n) is 7.61. The molecule has 0 spiro atoms. The predicted octanol–water partition coefficient (Wildman–Crippen LogP) is 3.12. The van der Waals surface area contributed by atoms with Gasteiger partial charge in [-0.3, -0.25) is 4.90 Å². The molecule has 116 valence electrons. The molecule has 4 N–H and O–H groups in total. The van der Waals surface area contributed by atoms with Crippen molar-refractivity contribution in [2.45, 2.75) is 19.0 Å². The van der Waals surface area contributed by atoms with Gasteiger partial charge in [-0.25, -0.2) is 4.99 Å². The van der Waals surface area contributed by atoms with E-state index in [-0.39, 0.29) is 6.17 Å². The first kappa shape index (κ1) is 14.3. The van der Waals surface area contributed by atoms with E-state index in [0.717, 1.165) is 40.4 Å². The number of aryl methyl sites for hydroxylation is 1. The van der Waals surface area contributed by atoms with Gasteiger partial charge in [0.25, 0.3) is 0 Å². The fourth-order valence-corrected chi connectivity index (χ4v) is 3.56. The minimum Gasteiger partial charge on any atom is -0.369 e. The van der Waals surface area contributed by atoms with Crippen molar-refractivity contribution in [3.05, 3.63) is 70.4 Å². The Labute approximate surface area is 140 Å². The lowest BCUT2D eigenvalue weighted by atomic mass is 9.86. The van der Waals surface area contributed by atoms with Crippen molar-refractivity contribution in [2.75, 3.05) is 4.90 Å². The molecular formula is C18H17ClN4. The maximum Gasteiger partial charge on any atom is 0.202 e. The molecular weight excluding hydrogens is 308 g/mol. The molecule has 2 aromatic rings. The lowest BCUT2D eigenvalue weighted by Gasteiger charge is -2.38. The van der Waals surface area contributed by atoms with Crippen LogP contribution in [-0.2, 0) is 6.42 Å². The van der Waals surface area contributed by atoms with E-state index in [1.54, 1.807) is 0 Å². The maximum atomic E-state index is 6.58. The molecule has 0 fully saturated rings. The van der Waals surface area contributed by atoms with Gasteiger partial charge >= 0.3 is 0 Å². The van der Waals surface area contributed by atoms with E-state index < -0.39 is 0 Å². The lowest BCUT2D eigenvalue weighted by Crippen LogP contribution is -2.53. The Hall–Kier alpha value is -2.30. The number of para-hydroxylation sites is 1. The third kappa shape index (κ3) is 2.31. The van der Waals surface area contributed by atoms with Gasteiger partial charge in [0.1, 0.15) is 6.17 Å². The van der Waals surface area contributed by atoms with Crippen LogP contribution in [0.25, 0.3) is 5.57 Å². The Morgan fingerprint density at radius 2 is 1.87 bits per heavy atom. The lowest BCUT2D eigenvalue weighted by molar-refractivity contribution is 0.785. The second-order valence-electron chi connectivity index (χ2n) is 5.78. The molecule has 1 atom stereocenters. The summed E-state index contributed by atoms with van der Waals surface area (Å²) in [4.78, 5) is 6.50. The summed E-state index contributed by atoms with van der Waals surface area (Å²) in [5, 5.41) is 0.750. The normalized spacial score (nSPS) is 20.0. The zero-order valence-electron chi connectivity index (χ0n) is 12.5. The van der Waals surface area contributed by atoms with Gasteiger partial charge in [0.05, 0.1) is 5.70 Å². The number of anilines is 1. The van der Waals surface area contributed by atoms with Gasteiger partial charge in [-0.15, -0.1) is 0 Å². The summed E-state index contributed by atoms with van der Waals surface area (Å²) in [7, 11) is 0. The van der Waals surface area contributed by atoms with E-state index in [1.165, 1.54) is 5.56 Å². The standard InChI is InChI=1S/C18H17ClN4/c19-12-7-8-14-11(10-12)6-9-15-16(14)17(20)23(18(21)22-15)13-4-2-1-3-5-13/h1-5,7-8,10,17H,6,9,20H2,(H2,21,22). The first-order chi connectivity index (χ1) is 11.1. The molecule has 23 heavy (non-hydrogen) atoms. The Morgan fingerprint density at radius 3 is 2.65 bits per heavy atom. The number of halogens is 1. The van der Waals surface area contributed by atoms with Crippen LogP contribution in [0.3, 0.4) is 0 Å². The molecule has 4 rings (SSSR count). The number of hydrogen-bond donors (Lipinski definition) is 2. The Bertz CT molecular complexity index is 826. The topological polar surface area (TPSA) is 67.6 Å². The van der Waals surface area contributed by atoms with Gasteiger partial charge in [-0.1, -0.05) is 35.9 Å². The van der Waals surface area contributed by atoms with E-state index in [4.69, 9.17) is 23.1 Å². The van der Waals surface area contributed by atoms with Crippen molar-refractivity contribution >= 4 is 28.8 Å². The summed E-state index contributed by atoms with van der Waals surface area (Å²) in [6.07, 6.45) is 1.38. The number of guanidine groups is 1. The average molecular weight is 325 g/mol. The number of nitrogens with two attached hydrogens (primary N) is 2. The minimum absolute atomic E-state index is 0.356. The van der Waals surface area contributed by atoms with Gasteiger partial charge < -0.3 is 11.5 Å². The third-order valence-electron chi connectivity index (χ3n) is 4.40. The number of rotatable bonds is 1. The van der Waals surface area contributed by atoms with Crippen LogP contribution >= 0.6 is 11.6 Å². The fraction of sp³-hybridized carbons (Fsp3) is 0.167. The third-order valence-corrected chi connectivity index (χ3v) is 4.64. The first-order valence-corrected chi connectivity index (χ1v) is 7.99. The molecule has 0 aromatic heterocycles. The number of fused-ring (bicyclic) bond motifs is 2. The quantitative estimate of drug-likeness (QED) is 0.847. The molecule has 0 bridgehead atoms. The van der Waals surface area contributed by atoms with E-state index in [1.807, 2.05) is 53.4 Å². The van der Waals surface area contributed by atoms with Crippen molar-refractivity contribution in [3.8, 4) is 0 Å². The SMILES string of the molecule is NC1=NC2=C(c3ccc(Cl)cc3CC2)C(N)N1c1ccccc1. The van der Waals surface area contributed by atoms with Crippen LogP contribution < -0.4 is 16.4 Å². The summed E-state index contributed by atoms with van der Waals surface area (Å²) in [6.45, 7) is 0. The smallest absolute Gasteiger partial charge is 0.202 e. The molecule has 1 aliphatic heterocycles. The van der Waals surface area contributed by atoms with Crippen LogP contribution in [0.15, 0.2) is 59.2 Å². The Morgan fingerprint density at radius 1 is 1.09 bits per heavy atom. The van der Waals surface area contributed by atoms with Gasteiger partial charge in [0.15, 0.2) is 0 Å². The molecule has 4 nitrogen and oxygen atoms in total. The highest BCUT2D eigenvalue weighted by Crippen LogP contribution is 2.38. The second-order valence-corrected chi connectivity index (χ2v) is 6.22. The highest BCUT2D eigenvalue weighted by atomic mass is 35.5. The van der Waals surface area contributed by atoms with Crippen molar-refractivity contribution in [3.63, 3.8) is 0 Å². The van der Waals surface area contributed by atoms with Crippen molar-refractivity contribution in [1.29, 1.82) is 0 Å². The molecule has 0 radical (unpaired) electrons. The zero-order valence-corrected chi connectivity index (χ0v) is 13.3. The van der Waals surface area contributed by atoms with Crippen LogP contribution in [0, 0.1) is 0 Å². The summed E-state index contributed by atoms with van der Waals surface area (Å²) >= 11 is 6.13. The van der Waals surface area contributed by atoms with Crippen molar-refractivity contribution < 1.29 is 0 Å². The predicted molar refractivity (Wildman–Crippen MR) is 95.2 cm³/mol. The van der Waals surface area contributed by atoms with E-state index in [2.05, 4.69) is 4.99 Å². The van der Waals surface area contributed by atoms with Crippen LogP contribution in [0.2, 0.25) is 5.02 Å². The number of aliphatic imine (C=N–C) groups is 1. The summed E-state index contributed by atoms with van der Waals surface area (Å²) in [5.74, 6) is 0.444. The largest absolute Gasteiger partial charge is 0.369 e. The highest BCUT2D eigenvalue weighted by molar-refractivity contribution is 6.30. The zero-order chi connectivity index (χ0) is 16.0. The van der Waals surface area contributed by atoms with Crippen molar-refractivity contribution in [2.24, 2.45) is 16.5 Å². The summed E-state index contributed by atoms with van der Waals surface area (Å²) in [6, 6.07) is 15.8. The van der Waals surface area contributed by atoms with Gasteiger partial charge in [-0.05, 0) is 48.2 Å².